The molecule has 1 amide bonds. The highest BCUT2D eigenvalue weighted by Gasteiger charge is 2.28. The Balaban J connectivity index is 1.44. The van der Waals surface area contributed by atoms with Crippen molar-refractivity contribution in [2.45, 2.75) is 24.4 Å². The van der Waals surface area contributed by atoms with Crippen LogP contribution in [0.2, 0.25) is 0 Å². The van der Waals surface area contributed by atoms with Crippen LogP contribution in [0.25, 0.3) is 10.2 Å². The number of sulfonamides is 1. The first-order valence-electron chi connectivity index (χ1n) is 11.3. The minimum atomic E-state index is -3.69. The van der Waals surface area contributed by atoms with Gasteiger partial charge in [-0.1, -0.05) is 47.6 Å². The quantitative estimate of drug-likeness (QED) is 0.377. The van der Waals surface area contributed by atoms with Crippen LogP contribution in [-0.4, -0.2) is 36.9 Å². The Bertz CT molecular complexity index is 1680. The number of rotatable bonds is 5. The van der Waals surface area contributed by atoms with Gasteiger partial charge >= 0.3 is 0 Å². The molecule has 7 nitrogen and oxygen atoms in total. The summed E-state index contributed by atoms with van der Waals surface area (Å²) in [6.07, 6.45) is 6.23. The van der Waals surface area contributed by atoms with Gasteiger partial charge in [0.15, 0.2) is 4.80 Å². The van der Waals surface area contributed by atoms with E-state index in [2.05, 4.69) is 10.9 Å². The fourth-order valence-electron chi connectivity index (χ4n) is 4.33. The average molecular weight is 518 g/mol. The first-order chi connectivity index (χ1) is 17.4. The molecule has 0 atom stereocenters. The predicted molar refractivity (Wildman–Crippen MR) is 139 cm³/mol. The SMILES string of the molecule is C#CCn1c(=NC(=O)c2ccc(S(=O)(=O)N3CCc4ccccc4C3)cc2)sc2cccc(OC)c21. The molecule has 2 heterocycles. The monoisotopic (exact) mass is 517 g/mol. The predicted octanol–water partition coefficient (Wildman–Crippen LogP) is 3.83. The third kappa shape index (κ3) is 4.35. The first kappa shape index (κ1) is 24.0. The Hall–Kier alpha value is -3.71. The van der Waals surface area contributed by atoms with Crippen molar-refractivity contribution in [2.75, 3.05) is 13.7 Å². The van der Waals surface area contributed by atoms with E-state index >= 15 is 0 Å². The summed E-state index contributed by atoms with van der Waals surface area (Å²) in [5, 5.41) is 0. The normalized spacial score (nSPS) is 14.4. The fraction of sp³-hybridized carbons (Fsp3) is 0.185. The molecule has 3 aromatic carbocycles. The maximum atomic E-state index is 13.2. The van der Waals surface area contributed by atoms with Gasteiger partial charge in [0.2, 0.25) is 10.0 Å². The van der Waals surface area contributed by atoms with Gasteiger partial charge < -0.3 is 9.30 Å². The number of para-hydroxylation sites is 1. The maximum Gasteiger partial charge on any atom is 0.279 e. The van der Waals surface area contributed by atoms with Crippen molar-refractivity contribution in [3.05, 3.63) is 88.2 Å². The number of carbonyl (C=O) groups excluding carboxylic acids is 1. The molecule has 0 N–H and O–H groups in total. The fourth-order valence-corrected chi connectivity index (χ4v) is 6.79. The number of aromatic nitrogens is 1. The van der Waals surface area contributed by atoms with Gasteiger partial charge in [-0.2, -0.15) is 9.30 Å². The van der Waals surface area contributed by atoms with Crippen molar-refractivity contribution in [3.63, 3.8) is 0 Å². The lowest BCUT2D eigenvalue weighted by Crippen LogP contribution is -2.35. The van der Waals surface area contributed by atoms with Crippen LogP contribution in [0.5, 0.6) is 5.75 Å². The summed E-state index contributed by atoms with van der Waals surface area (Å²) in [5.74, 6) is 2.76. The molecule has 0 aliphatic carbocycles. The van der Waals surface area contributed by atoms with Gasteiger partial charge in [-0.15, -0.1) is 6.42 Å². The molecule has 0 fully saturated rings. The minimum absolute atomic E-state index is 0.146. The summed E-state index contributed by atoms with van der Waals surface area (Å²) >= 11 is 1.33. The Morgan fingerprint density at radius 3 is 2.56 bits per heavy atom. The van der Waals surface area contributed by atoms with Gasteiger partial charge in [0.05, 0.1) is 23.2 Å². The molecule has 0 radical (unpaired) electrons. The molecular weight excluding hydrogens is 494 g/mol. The number of fused-ring (bicyclic) bond motifs is 2. The lowest BCUT2D eigenvalue weighted by Gasteiger charge is -2.28. The van der Waals surface area contributed by atoms with Crippen LogP contribution in [0, 0.1) is 12.3 Å². The second kappa shape index (κ2) is 9.74. The topological polar surface area (TPSA) is 81.0 Å². The number of methoxy groups -OCH3 is 1. The summed E-state index contributed by atoms with van der Waals surface area (Å²) in [6, 6.07) is 19.4. The zero-order chi connectivity index (χ0) is 25.3. The van der Waals surface area contributed by atoms with Crippen LogP contribution >= 0.6 is 11.3 Å². The zero-order valence-corrected chi connectivity index (χ0v) is 21.2. The van der Waals surface area contributed by atoms with E-state index in [-0.39, 0.29) is 17.0 Å². The van der Waals surface area contributed by atoms with E-state index in [0.717, 1.165) is 15.8 Å². The van der Waals surface area contributed by atoms with E-state index in [1.54, 1.807) is 11.7 Å². The van der Waals surface area contributed by atoms with Crippen molar-refractivity contribution in [1.29, 1.82) is 0 Å². The average Bonchev–Trinajstić information content (AvgIpc) is 3.25. The summed E-state index contributed by atoms with van der Waals surface area (Å²) in [6.45, 7) is 0.974. The Morgan fingerprint density at radius 1 is 1.08 bits per heavy atom. The van der Waals surface area contributed by atoms with Crippen molar-refractivity contribution < 1.29 is 17.9 Å². The van der Waals surface area contributed by atoms with E-state index in [1.165, 1.54) is 45.5 Å². The largest absolute Gasteiger partial charge is 0.495 e. The first-order valence-corrected chi connectivity index (χ1v) is 13.5. The third-order valence-electron chi connectivity index (χ3n) is 6.17. The number of thiazole rings is 1. The van der Waals surface area contributed by atoms with Crippen molar-refractivity contribution in [1.82, 2.24) is 8.87 Å². The maximum absolute atomic E-state index is 13.2. The molecule has 0 unspecified atom stereocenters. The number of ether oxygens (including phenoxy) is 1. The van der Waals surface area contributed by atoms with Gasteiger partial charge in [0, 0.05) is 18.7 Å². The Labute approximate surface area is 213 Å². The Morgan fingerprint density at radius 2 is 1.83 bits per heavy atom. The molecule has 9 heteroatoms. The lowest BCUT2D eigenvalue weighted by molar-refractivity contribution is 0.0997. The van der Waals surface area contributed by atoms with E-state index in [4.69, 9.17) is 11.2 Å². The molecule has 1 aliphatic rings. The summed E-state index contributed by atoms with van der Waals surface area (Å²) in [4.78, 5) is 17.9. The molecule has 0 bridgehead atoms. The van der Waals surface area contributed by atoms with E-state index in [9.17, 15) is 13.2 Å². The van der Waals surface area contributed by atoms with Gasteiger partial charge in [0.25, 0.3) is 5.91 Å². The zero-order valence-electron chi connectivity index (χ0n) is 19.5. The van der Waals surface area contributed by atoms with E-state index in [0.29, 0.717) is 30.1 Å². The van der Waals surface area contributed by atoms with Crippen molar-refractivity contribution in [2.24, 2.45) is 4.99 Å². The molecule has 1 aromatic heterocycles. The molecule has 0 saturated carbocycles. The van der Waals surface area contributed by atoms with Crippen LogP contribution in [0.4, 0.5) is 0 Å². The molecular formula is C27H23N3O4S2. The highest BCUT2D eigenvalue weighted by Crippen LogP contribution is 2.28. The van der Waals surface area contributed by atoms with Gasteiger partial charge in [-0.3, -0.25) is 4.79 Å². The van der Waals surface area contributed by atoms with Crippen molar-refractivity contribution >= 4 is 37.5 Å². The number of terminal acetylenes is 1. The minimum Gasteiger partial charge on any atom is -0.495 e. The molecule has 5 rings (SSSR count). The molecule has 0 saturated heterocycles. The summed E-state index contributed by atoms with van der Waals surface area (Å²) in [5.41, 5.74) is 3.25. The van der Waals surface area contributed by atoms with Crippen LogP contribution in [0.3, 0.4) is 0 Å². The molecule has 36 heavy (non-hydrogen) atoms. The number of benzene rings is 3. The number of nitrogens with zero attached hydrogens (tertiary/aromatic N) is 3. The smallest absolute Gasteiger partial charge is 0.279 e. The summed E-state index contributed by atoms with van der Waals surface area (Å²) < 4.78 is 36.1. The number of hydrogen-bond donors (Lipinski definition) is 0. The van der Waals surface area contributed by atoms with Crippen LogP contribution < -0.4 is 9.54 Å². The highest BCUT2D eigenvalue weighted by molar-refractivity contribution is 7.89. The van der Waals surface area contributed by atoms with Crippen LogP contribution in [-0.2, 0) is 29.5 Å². The number of amides is 1. The standard InChI is InChI=1S/C27H23N3O4S2/c1-3-16-30-25-23(34-2)9-6-10-24(25)35-27(30)28-26(31)20-11-13-22(14-12-20)36(32,33)29-17-15-19-7-4-5-8-21(19)18-29/h1,4-14H,15-18H2,2H3. The second-order valence-corrected chi connectivity index (χ2v) is 11.2. The second-order valence-electron chi connectivity index (χ2n) is 8.28. The van der Waals surface area contributed by atoms with E-state index in [1.807, 2.05) is 42.5 Å². The summed E-state index contributed by atoms with van der Waals surface area (Å²) in [7, 11) is -2.12. The molecule has 1 aliphatic heterocycles. The Kier molecular flexibility index (Phi) is 6.49. The van der Waals surface area contributed by atoms with Crippen molar-refractivity contribution in [3.8, 4) is 18.1 Å². The van der Waals surface area contributed by atoms with Crippen LogP contribution in [0.15, 0.2) is 76.6 Å². The number of hydrogen-bond acceptors (Lipinski definition) is 5. The molecule has 4 aromatic rings. The molecule has 0 spiro atoms. The highest BCUT2D eigenvalue weighted by atomic mass is 32.2. The van der Waals surface area contributed by atoms with Crippen LogP contribution in [0.1, 0.15) is 21.5 Å². The third-order valence-corrected chi connectivity index (χ3v) is 9.07. The lowest BCUT2D eigenvalue weighted by atomic mass is 10.0. The number of carbonyl (C=O) groups is 1. The van der Waals surface area contributed by atoms with Gasteiger partial charge in [0.1, 0.15) is 11.3 Å². The molecule has 182 valence electrons. The van der Waals surface area contributed by atoms with Gasteiger partial charge in [-0.25, -0.2) is 8.42 Å². The van der Waals surface area contributed by atoms with E-state index < -0.39 is 15.9 Å². The van der Waals surface area contributed by atoms with Gasteiger partial charge in [-0.05, 0) is 53.9 Å².